The average Bonchev–Trinajstić information content (AvgIpc) is 2.21. The smallest absolute Gasteiger partial charge is 0.243 e. The molecule has 1 aromatic carbocycles. The van der Waals surface area contributed by atoms with Crippen LogP contribution in [0, 0.1) is 0 Å². The van der Waals surface area contributed by atoms with Gasteiger partial charge in [-0.05, 0) is 17.7 Å². The molecule has 3 N–H and O–H groups in total. The van der Waals surface area contributed by atoms with Crippen LogP contribution < -0.4 is 11.3 Å². The van der Waals surface area contributed by atoms with Gasteiger partial charge < -0.3 is 0 Å². The predicted molar refractivity (Wildman–Crippen MR) is 59.9 cm³/mol. The van der Waals surface area contributed by atoms with Crippen LogP contribution in [-0.4, -0.2) is 11.7 Å². The maximum atomic E-state index is 10.8. The number of carbonyl (C=O) groups is 1. The van der Waals surface area contributed by atoms with Gasteiger partial charge >= 0.3 is 0 Å². The maximum absolute atomic E-state index is 10.8. The molecule has 3 nitrogen and oxygen atoms in total. The Morgan fingerprint density at radius 3 is 2.64 bits per heavy atom. The topological polar surface area (TPSA) is 55.1 Å². The molecule has 0 aliphatic rings. The molecule has 5 heteroatoms. The summed E-state index contributed by atoms with van der Waals surface area (Å²) in [5.74, 6) is 5.93. The Kier molecular flexibility index (Phi) is 4.79. The lowest BCUT2D eigenvalue weighted by atomic mass is 10.2. The molecule has 0 unspecified atom stereocenters. The van der Waals surface area contributed by atoms with E-state index in [1.165, 1.54) is 11.8 Å². The van der Waals surface area contributed by atoms with E-state index in [-0.39, 0.29) is 5.91 Å². The van der Waals surface area contributed by atoms with Crippen LogP contribution in [-0.2, 0) is 10.5 Å². The molecule has 14 heavy (non-hydrogen) atoms. The molecule has 0 fully saturated rings. The first kappa shape index (κ1) is 11.4. The van der Waals surface area contributed by atoms with Gasteiger partial charge in [0.2, 0.25) is 5.91 Å². The highest BCUT2D eigenvalue weighted by Gasteiger charge is 1.99. The SMILES string of the molecule is NNC(=O)CSCc1ccc(Cl)cc1. The quantitative estimate of drug-likeness (QED) is 0.469. The molecular weight excluding hydrogens is 220 g/mol. The standard InChI is InChI=1S/C9H11ClN2OS/c10-8-3-1-7(2-4-8)5-14-6-9(13)12-11/h1-4H,5-6,11H2,(H,12,13). The zero-order valence-electron chi connectivity index (χ0n) is 7.50. The van der Waals surface area contributed by atoms with Gasteiger partial charge in [0.1, 0.15) is 0 Å². The van der Waals surface area contributed by atoms with Crippen LogP contribution in [0.25, 0.3) is 0 Å². The molecule has 0 aliphatic carbocycles. The molecule has 0 aliphatic heterocycles. The number of hydrogen-bond donors (Lipinski definition) is 2. The van der Waals surface area contributed by atoms with Gasteiger partial charge in [-0.25, -0.2) is 5.84 Å². The third kappa shape index (κ3) is 4.00. The molecule has 0 saturated carbocycles. The zero-order valence-corrected chi connectivity index (χ0v) is 9.07. The lowest BCUT2D eigenvalue weighted by Gasteiger charge is -2.01. The number of carbonyl (C=O) groups excluding carboxylic acids is 1. The molecule has 0 atom stereocenters. The fraction of sp³-hybridized carbons (Fsp3) is 0.222. The van der Waals surface area contributed by atoms with Gasteiger partial charge in [-0.2, -0.15) is 0 Å². The Morgan fingerprint density at radius 1 is 1.43 bits per heavy atom. The highest BCUT2D eigenvalue weighted by molar-refractivity contribution is 7.99. The third-order valence-corrected chi connectivity index (χ3v) is 2.83. The van der Waals surface area contributed by atoms with Gasteiger partial charge in [-0.1, -0.05) is 23.7 Å². The van der Waals surface area contributed by atoms with Gasteiger partial charge in [0.25, 0.3) is 0 Å². The van der Waals surface area contributed by atoms with Crippen molar-refractivity contribution in [2.75, 3.05) is 5.75 Å². The number of nitrogens with one attached hydrogen (secondary N) is 1. The Bertz CT molecular complexity index is 302. The molecule has 1 aromatic rings. The van der Waals surface area contributed by atoms with Crippen LogP contribution in [0.3, 0.4) is 0 Å². The highest BCUT2D eigenvalue weighted by Crippen LogP contribution is 2.14. The molecule has 1 amide bonds. The Balaban J connectivity index is 2.31. The number of hydrazine groups is 1. The molecule has 0 heterocycles. The molecule has 76 valence electrons. The fourth-order valence-electron chi connectivity index (χ4n) is 0.884. The van der Waals surface area contributed by atoms with E-state index in [1.54, 1.807) is 0 Å². The van der Waals surface area contributed by atoms with E-state index >= 15 is 0 Å². The average molecular weight is 231 g/mol. The van der Waals surface area contributed by atoms with Gasteiger partial charge in [0.15, 0.2) is 0 Å². The van der Waals surface area contributed by atoms with E-state index in [4.69, 9.17) is 17.4 Å². The molecule has 0 aromatic heterocycles. The molecule has 0 bridgehead atoms. The van der Waals surface area contributed by atoms with Crippen LogP contribution in [0.15, 0.2) is 24.3 Å². The van der Waals surface area contributed by atoms with Crippen LogP contribution in [0.4, 0.5) is 0 Å². The van der Waals surface area contributed by atoms with E-state index in [0.717, 1.165) is 16.3 Å². The summed E-state index contributed by atoms with van der Waals surface area (Å²) in [6.07, 6.45) is 0. The highest BCUT2D eigenvalue weighted by atomic mass is 35.5. The lowest BCUT2D eigenvalue weighted by Crippen LogP contribution is -2.31. The van der Waals surface area contributed by atoms with Gasteiger partial charge in [0.05, 0.1) is 5.75 Å². The van der Waals surface area contributed by atoms with Crippen LogP contribution in [0.2, 0.25) is 5.02 Å². The summed E-state index contributed by atoms with van der Waals surface area (Å²) in [5, 5.41) is 0.721. The van der Waals surface area contributed by atoms with Crippen molar-refractivity contribution in [1.29, 1.82) is 0 Å². The third-order valence-electron chi connectivity index (χ3n) is 1.58. The van der Waals surface area contributed by atoms with E-state index < -0.39 is 0 Å². The van der Waals surface area contributed by atoms with Gasteiger partial charge in [0, 0.05) is 10.8 Å². The predicted octanol–water partition coefficient (Wildman–Crippen LogP) is 1.56. The maximum Gasteiger partial charge on any atom is 0.243 e. The summed E-state index contributed by atoms with van der Waals surface area (Å²) < 4.78 is 0. The molecule has 0 radical (unpaired) electrons. The summed E-state index contributed by atoms with van der Waals surface area (Å²) in [5.41, 5.74) is 3.22. The fourth-order valence-corrected chi connectivity index (χ4v) is 1.81. The van der Waals surface area contributed by atoms with Crippen molar-refractivity contribution in [1.82, 2.24) is 5.43 Å². The van der Waals surface area contributed by atoms with E-state index in [1.807, 2.05) is 24.3 Å². The Morgan fingerprint density at radius 2 is 2.07 bits per heavy atom. The van der Waals surface area contributed by atoms with Crippen molar-refractivity contribution in [3.8, 4) is 0 Å². The summed E-state index contributed by atoms with van der Waals surface area (Å²) in [4.78, 5) is 10.8. The molecule has 1 rings (SSSR count). The number of hydrogen-bond acceptors (Lipinski definition) is 3. The van der Waals surface area contributed by atoms with Crippen molar-refractivity contribution >= 4 is 29.3 Å². The Labute approximate surface area is 92.0 Å². The van der Waals surface area contributed by atoms with Crippen molar-refractivity contribution in [3.05, 3.63) is 34.9 Å². The lowest BCUT2D eigenvalue weighted by molar-refractivity contribution is -0.118. The second kappa shape index (κ2) is 5.90. The first-order chi connectivity index (χ1) is 6.72. The summed E-state index contributed by atoms with van der Waals surface area (Å²) in [6.45, 7) is 0. The van der Waals surface area contributed by atoms with Crippen LogP contribution in [0.5, 0.6) is 0 Å². The molecule has 0 spiro atoms. The minimum absolute atomic E-state index is 0.163. The second-order valence-electron chi connectivity index (χ2n) is 2.69. The monoisotopic (exact) mass is 230 g/mol. The van der Waals surface area contributed by atoms with E-state index in [2.05, 4.69) is 5.43 Å². The van der Waals surface area contributed by atoms with Crippen LogP contribution >= 0.6 is 23.4 Å². The number of benzene rings is 1. The summed E-state index contributed by atoms with van der Waals surface area (Å²) in [6, 6.07) is 7.55. The number of halogens is 1. The van der Waals surface area contributed by atoms with Gasteiger partial charge in [-0.3, -0.25) is 10.2 Å². The van der Waals surface area contributed by atoms with E-state index in [0.29, 0.717) is 5.75 Å². The first-order valence-corrected chi connectivity index (χ1v) is 5.57. The van der Waals surface area contributed by atoms with Crippen molar-refractivity contribution in [2.45, 2.75) is 5.75 Å². The Hall–Kier alpha value is -0.710. The summed E-state index contributed by atoms with van der Waals surface area (Å²) >= 11 is 7.24. The number of thioether (sulfide) groups is 1. The molecular formula is C9H11ClN2OS. The minimum Gasteiger partial charge on any atom is -0.294 e. The van der Waals surface area contributed by atoms with Gasteiger partial charge in [-0.15, -0.1) is 11.8 Å². The number of nitrogens with two attached hydrogens (primary N) is 1. The van der Waals surface area contributed by atoms with Crippen molar-refractivity contribution in [3.63, 3.8) is 0 Å². The van der Waals surface area contributed by atoms with E-state index in [9.17, 15) is 4.79 Å². The van der Waals surface area contributed by atoms with Crippen LogP contribution in [0.1, 0.15) is 5.56 Å². The van der Waals surface area contributed by atoms with Crippen molar-refractivity contribution < 1.29 is 4.79 Å². The molecule has 0 saturated heterocycles. The number of rotatable bonds is 4. The largest absolute Gasteiger partial charge is 0.294 e. The summed E-state index contributed by atoms with van der Waals surface area (Å²) in [7, 11) is 0. The first-order valence-electron chi connectivity index (χ1n) is 4.04. The normalized spacial score (nSPS) is 9.86. The number of amides is 1. The second-order valence-corrected chi connectivity index (χ2v) is 4.11. The minimum atomic E-state index is -0.163. The zero-order chi connectivity index (χ0) is 10.4. The van der Waals surface area contributed by atoms with Crippen molar-refractivity contribution in [2.24, 2.45) is 5.84 Å².